The molecule has 0 aliphatic carbocycles. The number of rotatable bonds is 6. The lowest BCUT2D eigenvalue weighted by Crippen LogP contribution is -2.31. The molecule has 1 N–H and O–H groups in total. The first kappa shape index (κ1) is 22.2. The maximum Gasteiger partial charge on any atom is 0.298 e. The first-order chi connectivity index (χ1) is 17.0. The maximum absolute atomic E-state index is 13.1. The lowest BCUT2D eigenvalue weighted by molar-refractivity contribution is -0.122. The number of carbonyl (C=O) groups excluding carboxylic acids is 2. The Labute approximate surface area is 202 Å². The summed E-state index contributed by atoms with van der Waals surface area (Å²) >= 11 is 0. The fraction of sp³-hybridized carbons (Fsp3) is 0.107. The molecule has 1 aromatic heterocycles. The van der Waals surface area contributed by atoms with Gasteiger partial charge in [-0.3, -0.25) is 9.59 Å². The zero-order valence-corrected chi connectivity index (χ0v) is 19.1. The van der Waals surface area contributed by atoms with Crippen molar-refractivity contribution in [3.63, 3.8) is 0 Å². The molecule has 7 heteroatoms. The van der Waals surface area contributed by atoms with Crippen LogP contribution in [0.2, 0.25) is 0 Å². The topological polar surface area (TPSA) is 86.9 Å². The van der Waals surface area contributed by atoms with Gasteiger partial charge in [0.1, 0.15) is 12.0 Å². The minimum absolute atomic E-state index is 0.0216. The normalized spacial score (nSPS) is 14.1. The van der Waals surface area contributed by atoms with Gasteiger partial charge in [0.05, 0.1) is 11.3 Å². The van der Waals surface area contributed by atoms with Crippen molar-refractivity contribution in [2.75, 3.05) is 9.80 Å². The molecule has 0 radical (unpaired) electrons. The van der Waals surface area contributed by atoms with E-state index in [2.05, 4.69) is 4.98 Å². The van der Waals surface area contributed by atoms with Gasteiger partial charge >= 0.3 is 0 Å². The van der Waals surface area contributed by atoms with Crippen molar-refractivity contribution in [2.24, 2.45) is 0 Å². The molecule has 35 heavy (non-hydrogen) atoms. The number of hydrogen-bond donors (Lipinski definition) is 1. The number of imide groups is 1. The van der Waals surface area contributed by atoms with E-state index in [1.165, 1.54) is 13.2 Å². The van der Waals surface area contributed by atoms with Crippen molar-refractivity contribution in [2.45, 2.75) is 20.0 Å². The van der Waals surface area contributed by atoms with E-state index in [1.54, 1.807) is 24.3 Å². The second-order valence-corrected chi connectivity index (χ2v) is 8.24. The first-order valence-corrected chi connectivity index (χ1v) is 11.2. The fourth-order valence-electron chi connectivity index (χ4n) is 4.20. The van der Waals surface area contributed by atoms with Crippen LogP contribution in [-0.4, -0.2) is 21.9 Å². The Morgan fingerprint density at radius 3 is 2.09 bits per heavy atom. The van der Waals surface area contributed by atoms with Crippen molar-refractivity contribution < 1.29 is 19.1 Å². The zero-order valence-electron chi connectivity index (χ0n) is 19.1. The van der Waals surface area contributed by atoms with Gasteiger partial charge in [-0.25, -0.2) is 4.90 Å². The summed E-state index contributed by atoms with van der Waals surface area (Å²) < 4.78 is 5.78. The smallest absolute Gasteiger partial charge is 0.298 e. The number of amides is 2. The van der Waals surface area contributed by atoms with E-state index in [-0.39, 0.29) is 17.0 Å². The number of para-hydroxylation sites is 1. The molecule has 0 saturated heterocycles. The maximum atomic E-state index is 13.1. The van der Waals surface area contributed by atoms with E-state index in [0.29, 0.717) is 30.4 Å². The minimum atomic E-state index is -0.592. The van der Waals surface area contributed by atoms with Crippen molar-refractivity contribution >= 4 is 34.8 Å². The highest BCUT2D eigenvalue weighted by Crippen LogP contribution is 2.40. The van der Waals surface area contributed by atoms with E-state index in [1.807, 2.05) is 65.6 Å². The number of oxazole rings is 1. The predicted molar refractivity (Wildman–Crippen MR) is 133 cm³/mol. The molecule has 0 spiro atoms. The number of anilines is 2. The third kappa shape index (κ3) is 4.31. The Balaban J connectivity index is 1.52. The van der Waals surface area contributed by atoms with Crippen LogP contribution in [0.3, 0.4) is 0 Å². The third-order valence-corrected chi connectivity index (χ3v) is 5.82. The second kappa shape index (κ2) is 9.30. The molecule has 1 aliphatic heterocycles. The molecule has 0 saturated carbocycles. The van der Waals surface area contributed by atoms with Crippen molar-refractivity contribution in [1.29, 1.82) is 0 Å². The van der Waals surface area contributed by atoms with Crippen molar-refractivity contribution in [3.8, 4) is 0 Å². The van der Waals surface area contributed by atoms with Gasteiger partial charge in [-0.1, -0.05) is 78.9 Å². The molecular weight excluding hydrogens is 442 g/mol. The lowest BCUT2D eigenvalue weighted by atomic mass is 10.1. The summed E-state index contributed by atoms with van der Waals surface area (Å²) in [4.78, 5) is 32.7. The highest BCUT2D eigenvalue weighted by molar-refractivity contribution is 6.42. The monoisotopic (exact) mass is 465 g/mol. The van der Waals surface area contributed by atoms with Gasteiger partial charge in [0, 0.05) is 25.6 Å². The molecule has 2 heterocycles. The highest BCUT2D eigenvalue weighted by atomic mass is 16.4. The van der Waals surface area contributed by atoms with E-state index >= 15 is 0 Å². The number of carbonyl (C=O) groups is 2. The van der Waals surface area contributed by atoms with Crippen LogP contribution in [0, 0.1) is 0 Å². The Morgan fingerprint density at radius 1 is 0.914 bits per heavy atom. The van der Waals surface area contributed by atoms with Gasteiger partial charge in [-0.2, -0.15) is 4.98 Å². The van der Waals surface area contributed by atoms with Crippen LogP contribution in [0.1, 0.15) is 29.3 Å². The summed E-state index contributed by atoms with van der Waals surface area (Å²) in [5.41, 5.74) is 3.19. The molecule has 0 unspecified atom stereocenters. The van der Waals surface area contributed by atoms with Crippen LogP contribution in [0.25, 0.3) is 11.3 Å². The van der Waals surface area contributed by atoms with Gasteiger partial charge in [0.2, 0.25) is 5.91 Å². The number of nitrogens with zero attached hydrogens (tertiary/aromatic N) is 3. The average molecular weight is 466 g/mol. The third-order valence-electron chi connectivity index (χ3n) is 5.82. The Hall–Kier alpha value is -4.65. The summed E-state index contributed by atoms with van der Waals surface area (Å²) in [6, 6.07) is 27.0. The Bertz CT molecular complexity index is 1370. The zero-order chi connectivity index (χ0) is 24.4. The Morgan fingerprint density at radius 2 is 1.49 bits per heavy atom. The number of aliphatic hydroxyl groups excluding tert-OH is 1. The number of aromatic nitrogens is 1. The van der Waals surface area contributed by atoms with Crippen LogP contribution < -0.4 is 9.80 Å². The quantitative estimate of drug-likeness (QED) is 0.311. The molecule has 174 valence electrons. The summed E-state index contributed by atoms with van der Waals surface area (Å²) in [5, 5.41) is 11.1. The average Bonchev–Trinajstić information content (AvgIpc) is 3.47. The molecule has 0 bridgehead atoms. The van der Waals surface area contributed by atoms with E-state index in [4.69, 9.17) is 4.42 Å². The SMILES string of the molecule is CC(=O)N1C(=O)C(=C(O)c2coc(N(Cc3ccccc3)Cc3ccccc3)n2)c2ccccc21. The number of benzene rings is 3. The van der Waals surface area contributed by atoms with Crippen molar-refractivity contribution in [1.82, 2.24) is 4.98 Å². The van der Waals surface area contributed by atoms with E-state index in [9.17, 15) is 14.7 Å². The van der Waals surface area contributed by atoms with Gasteiger partial charge in [0.15, 0.2) is 5.76 Å². The van der Waals surface area contributed by atoms with Gasteiger partial charge in [0.25, 0.3) is 11.9 Å². The van der Waals surface area contributed by atoms with Crippen LogP contribution in [-0.2, 0) is 22.7 Å². The number of fused-ring (bicyclic) bond motifs is 1. The summed E-state index contributed by atoms with van der Waals surface area (Å²) in [6.45, 7) is 2.38. The largest absolute Gasteiger partial charge is 0.505 e. The van der Waals surface area contributed by atoms with E-state index < -0.39 is 11.8 Å². The van der Waals surface area contributed by atoms with Gasteiger partial charge in [-0.15, -0.1) is 0 Å². The van der Waals surface area contributed by atoms with E-state index in [0.717, 1.165) is 16.0 Å². The van der Waals surface area contributed by atoms with Crippen molar-refractivity contribution in [3.05, 3.63) is 114 Å². The van der Waals surface area contributed by atoms with Crippen LogP contribution in [0.4, 0.5) is 11.7 Å². The fourth-order valence-corrected chi connectivity index (χ4v) is 4.20. The lowest BCUT2D eigenvalue weighted by Gasteiger charge is -2.21. The second-order valence-electron chi connectivity index (χ2n) is 8.24. The molecular formula is C28H23N3O4. The molecule has 4 aromatic rings. The van der Waals surface area contributed by atoms with Crippen LogP contribution in [0.5, 0.6) is 0 Å². The highest BCUT2D eigenvalue weighted by Gasteiger charge is 2.38. The summed E-state index contributed by atoms with van der Waals surface area (Å²) in [5.74, 6) is -1.35. The molecule has 5 rings (SSSR count). The summed E-state index contributed by atoms with van der Waals surface area (Å²) in [7, 11) is 0. The first-order valence-electron chi connectivity index (χ1n) is 11.2. The molecule has 3 aromatic carbocycles. The van der Waals surface area contributed by atoms with Crippen LogP contribution in [0.15, 0.2) is 95.6 Å². The van der Waals surface area contributed by atoms with Crippen LogP contribution >= 0.6 is 0 Å². The van der Waals surface area contributed by atoms with Gasteiger partial charge < -0.3 is 14.4 Å². The molecule has 7 nitrogen and oxygen atoms in total. The standard InChI is InChI=1S/C28H23N3O4/c1-19(32)31-24-15-9-8-14-22(24)25(27(31)34)26(33)23-18-35-28(29-23)30(16-20-10-4-2-5-11-20)17-21-12-6-3-7-13-21/h2-15,18,33H,16-17H2,1H3. The minimum Gasteiger partial charge on any atom is -0.505 e. The summed E-state index contributed by atoms with van der Waals surface area (Å²) in [6.07, 6.45) is 1.33. The number of hydrogen-bond acceptors (Lipinski definition) is 6. The molecule has 2 amide bonds. The molecule has 0 atom stereocenters. The Kier molecular flexibility index (Phi) is 5.89. The predicted octanol–water partition coefficient (Wildman–Crippen LogP) is 5.20. The molecule has 1 aliphatic rings. The van der Waals surface area contributed by atoms with Gasteiger partial charge in [-0.05, 0) is 17.2 Å². The number of aliphatic hydroxyl groups is 1. The molecule has 0 fully saturated rings.